The van der Waals surface area contributed by atoms with Crippen molar-refractivity contribution in [3.05, 3.63) is 130 Å². The molecule has 0 fully saturated rings. The van der Waals surface area contributed by atoms with Crippen molar-refractivity contribution in [3.63, 3.8) is 0 Å². The summed E-state index contributed by atoms with van der Waals surface area (Å²) in [6.07, 6.45) is 0. The maximum atomic E-state index is 12.8. The van der Waals surface area contributed by atoms with Gasteiger partial charge in [0, 0.05) is 22.3 Å². The quantitative estimate of drug-likeness (QED) is 0.203. The molecule has 0 N–H and O–H groups in total. The number of carbonyl (C=O) groups is 2. The smallest absolute Gasteiger partial charge is 0.289 e. The molecule has 1 aliphatic carbocycles. The van der Waals surface area contributed by atoms with E-state index in [4.69, 9.17) is 0 Å². The number of hydrogen-bond acceptors (Lipinski definition) is 2. The maximum absolute atomic E-state index is 12.8. The minimum absolute atomic E-state index is 0. The first-order valence-corrected chi connectivity index (χ1v) is 8.97. The van der Waals surface area contributed by atoms with Crippen LogP contribution in [0.15, 0.2) is 97.1 Å². The Morgan fingerprint density at radius 3 is 1.93 bits per heavy atom. The second kappa shape index (κ2) is 9.17. The molecule has 0 saturated carbocycles. The van der Waals surface area contributed by atoms with Gasteiger partial charge >= 0.3 is 17.1 Å². The Labute approximate surface area is 180 Å². The standard InChI is InChI=1S/C21H11O2.C5H5.Fe/c22-20-16-9-3-4-10-17(16)21(23)19-15(8-5-11-18(19)20)13-12-14-6-1-2-7-14;1-2-4-5-3-1;/h1-11H;1-5H;/q2*-1;+2. The molecule has 1 aliphatic rings. The third kappa shape index (κ3) is 4.20. The molecule has 4 aromatic carbocycles. The number of hydrogen-bond donors (Lipinski definition) is 0. The Morgan fingerprint density at radius 2 is 1.31 bits per heavy atom. The molecule has 0 spiro atoms. The summed E-state index contributed by atoms with van der Waals surface area (Å²) in [5, 5.41) is 0. The van der Waals surface area contributed by atoms with Gasteiger partial charge in [0.05, 0.1) is 0 Å². The van der Waals surface area contributed by atoms with Crippen LogP contribution in [-0.2, 0) is 17.1 Å². The van der Waals surface area contributed by atoms with Crippen LogP contribution in [0.4, 0.5) is 0 Å². The topological polar surface area (TPSA) is 34.1 Å². The SMILES string of the molecule is O=C1c2ccccc2C(=O)c2c(C#C[c-]3cccc3)cccc21.[Fe+2].c1cc[cH-]c1. The van der Waals surface area contributed by atoms with Crippen molar-refractivity contribution in [1.82, 2.24) is 0 Å². The Kier molecular flexibility index (Phi) is 6.42. The number of rotatable bonds is 0. The van der Waals surface area contributed by atoms with Gasteiger partial charge in [0.2, 0.25) is 0 Å². The summed E-state index contributed by atoms with van der Waals surface area (Å²) in [4.78, 5) is 25.5. The summed E-state index contributed by atoms with van der Waals surface area (Å²) >= 11 is 0. The van der Waals surface area contributed by atoms with Gasteiger partial charge in [-0.3, -0.25) is 9.59 Å². The largest absolute Gasteiger partial charge is 2.00 e. The van der Waals surface area contributed by atoms with Crippen LogP contribution in [0, 0.1) is 11.8 Å². The van der Waals surface area contributed by atoms with Gasteiger partial charge in [0.15, 0.2) is 11.6 Å². The van der Waals surface area contributed by atoms with Gasteiger partial charge in [-0.1, -0.05) is 48.0 Å². The van der Waals surface area contributed by atoms with E-state index in [1.54, 1.807) is 42.5 Å². The van der Waals surface area contributed by atoms with Crippen molar-refractivity contribution in [2.45, 2.75) is 0 Å². The number of fused-ring (bicyclic) bond motifs is 2. The van der Waals surface area contributed by atoms with E-state index in [1.807, 2.05) is 54.6 Å². The molecule has 0 unspecified atom stereocenters. The average Bonchev–Trinajstić information content (AvgIpc) is 3.47. The molecule has 0 amide bonds. The molecular formula is C26H16FeO2. The first-order valence-electron chi connectivity index (χ1n) is 8.97. The van der Waals surface area contributed by atoms with Crippen LogP contribution in [0.1, 0.15) is 43.0 Å². The van der Waals surface area contributed by atoms with E-state index in [2.05, 4.69) is 11.8 Å². The third-order valence-corrected chi connectivity index (χ3v) is 4.51. The van der Waals surface area contributed by atoms with Crippen molar-refractivity contribution in [1.29, 1.82) is 0 Å². The second-order valence-corrected chi connectivity index (χ2v) is 6.32. The second-order valence-electron chi connectivity index (χ2n) is 6.32. The Bertz CT molecular complexity index is 1170. The molecule has 4 aromatic rings. The van der Waals surface area contributed by atoms with Gasteiger partial charge in [-0.05, 0) is 5.56 Å². The predicted molar refractivity (Wildman–Crippen MR) is 110 cm³/mol. The molecule has 5 rings (SSSR count). The monoisotopic (exact) mass is 416 g/mol. The fourth-order valence-corrected chi connectivity index (χ4v) is 3.17. The minimum atomic E-state index is -0.136. The van der Waals surface area contributed by atoms with E-state index in [0.717, 1.165) is 5.56 Å². The first kappa shape index (κ1) is 20.3. The fourth-order valence-electron chi connectivity index (χ4n) is 3.17. The number of carbonyl (C=O) groups excluding carboxylic acids is 2. The molecule has 0 bridgehead atoms. The van der Waals surface area contributed by atoms with Crippen LogP contribution in [0.2, 0.25) is 0 Å². The molecule has 0 saturated heterocycles. The average molecular weight is 416 g/mol. The van der Waals surface area contributed by atoms with Crippen molar-refractivity contribution < 1.29 is 26.7 Å². The van der Waals surface area contributed by atoms with Gasteiger partial charge in [-0.2, -0.15) is 42.2 Å². The van der Waals surface area contributed by atoms with Gasteiger partial charge in [0.25, 0.3) is 0 Å². The summed E-state index contributed by atoms with van der Waals surface area (Å²) in [6, 6.07) is 29.8. The molecule has 0 atom stereocenters. The van der Waals surface area contributed by atoms with Gasteiger partial charge < -0.3 is 0 Å². The Hall–Kier alpha value is -3.44. The third-order valence-electron chi connectivity index (χ3n) is 4.51. The zero-order valence-corrected chi connectivity index (χ0v) is 16.5. The van der Waals surface area contributed by atoms with Crippen LogP contribution in [-0.4, -0.2) is 11.6 Å². The molecular weight excluding hydrogens is 400 g/mol. The number of ketones is 2. The van der Waals surface area contributed by atoms with Crippen molar-refractivity contribution in [2.24, 2.45) is 0 Å². The summed E-state index contributed by atoms with van der Waals surface area (Å²) in [5.74, 6) is 5.82. The van der Waals surface area contributed by atoms with Crippen LogP contribution in [0.5, 0.6) is 0 Å². The van der Waals surface area contributed by atoms with Gasteiger partial charge in [0.1, 0.15) is 0 Å². The van der Waals surface area contributed by atoms with Crippen molar-refractivity contribution in [2.75, 3.05) is 0 Å². The molecule has 29 heavy (non-hydrogen) atoms. The maximum Gasteiger partial charge on any atom is 2.00 e. The predicted octanol–water partition coefficient (Wildman–Crippen LogP) is 4.98. The Balaban J connectivity index is 0.000000352. The fraction of sp³-hybridized carbons (Fsp3) is 0. The van der Waals surface area contributed by atoms with E-state index in [9.17, 15) is 9.59 Å². The van der Waals surface area contributed by atoms with Crippen LogP contribution in [0.25, 0.3) is 0 Å². The van der Waals surface area contributed by atoms with Gasteiger partial charge in [-0.25, -0.2) is 12.1 Å². The summed E-state index contributed by atoms with van der Waals surface area (Å²) in [5.41, 5.74) is 3.24. The molecule has 0 radical (unpaired) electrons. The number of benzene rings is 2. The van der Waals surface area contributed by atoms with E-state index < -0.39 is 0 Å². The zero-order valence-electron chi connectivity index (χ0n) is 15.4. The van der Waals surface area contributed by atoms with Crippen LogP contribution < -0.4 is 0 Å². The molecule has 3 heteroatoms. The summed E-state index contributed by atoms with van der Waals surface area (Å²) in [7, 11) is 0. The molecule has 140 valence electrons. The van der Waals surface area contributed by atoms with E-state index >= 15 is 0 Å². The minimum Gasteiger partial charge on any atom is -0.289 e. The molecule has 2 nitrogen and oxygen atoms in total. The summed E-state index contributed by atoms with van der Waals surface area (Å²) < 4.78 is 0. The normalized spacial score (nSPS) is 11.0. The van der Waals surface area contributed by atoms with E-state index in [0.29, 0.717) is 27.8 Å². The zero-order chi connectivity index (χ0) is 19.3. The van der Waals surface area contributed by atoms with Crippen LogP contribution >= 0.6 is 0 Å². The molecule has 0 aromatic heterocycles. The van der Waals surface area contributed by atoms with Crippen molar-refractivity contribution >= 4 is 11.6 Å². The van der Waals surface area contributed by atoms with E-state index in [-0.39, 0.29) is 28.6 Å². The van der Waals surface area contributed by atoms with E-state index in [1.165, 1.54) is 0 Å². The molecule has 0 heterocycles. The van der Waals surface area contributed by atoms with Gasteiger partial charge in [-0.15, -0.1) is 12.1 Å². The molecule has 0 aliphatic heterocycles. The first-order chi connectivity index (χ1) is 13.8. The Morgan fingerprint density at radius 1 is 0.690 bits per heavy atom. The van der Waals surface area contributed by atoms with Crippen LogP contribution in [0.3, 0.4) is 0 Å². The van der Waals surface area contributed by atoms with Crippen molar-refractivity contribution in [3.8, 4) is 11.8 Å². The summed E-state index contributed by atoms with van der Waals surface area (Å²) in [6.45, 7) is 0.